The van der Waals surface area contributed by atoms with E-state index in [1.807, 2.05) is 0 Å². The Kier molecular flexibility index (Phi) is 4.50. The van der Waals surface area contributed by atoms with Crippen molar-refractivity contribution < 1.29 is 0 Å². The molecule has 124 valence electrons. The molecule has 0 radical (unpaired) electrons. The second-order valence-electron chi connectivity index (χ2n) is 6.82. The lowest BCUT2D eigenvalue weighted by atomic mass is 9.90. The molecule has 1 fully saturated rings. The van der Waals surface area contributed by atoms with E-state index in [0.717, 1.165) is 26.2 Å². The third-order valence-corrected chi connectivity index (χ3v) is 5.31. The molecule has 1 heterocycles. The lowest BCUT2D eigenvalue weighted by molar-refractivity contribution is 0.166. The summed E-state index contributed by atoms with van der Waals surface area (Å²) in [6, 6.07) is 20.7. The van der Waals surface area contributed by atoms with Gasteiger partial charge in [-0.05, 0) is 39.6 Å². The monoisotopic (exact) mass is 318 g/mol. The van der Waals surface area contributed by atoms with Crippen molar-refractivity contribution in [3.63, 3.8) is 0 Å². The highest BCUT2D eigenvalue weighted by atomic mass is 15.2. The summed E-state index contributed by atoms with van der Waals surface area (Å²) in [5, 5.41) is 9.03. The molecule has 2 nitrogen and oxygen atoms in total. The zero-order chi connectivity index (χ0) is 16.4. The predicted octanol–water partition coefficient (Wildman–Crippen LogP) is 4.74. The first-order valence-corrected chi connectivity index (χ1v) is 9.23. The van der Waals surface area contributed by atoms with Crippen LogP contribution >= 0.6 is 0 Å². The smallest absolute Gasteiger partial charge is 0.0355 e. The van der Waals surface area contributed by atoms with Gasteiger partial charge in [-0.15, -0.1) is 0 Å². The van der Waals surface area contributed by atoms with Gasteiger partial charge in [0.05, 0.1) is 0 Å². The van der Waals surface area contributed by atoms with Crippen LogP contribution in [0.1, 0.15) is 31.4 Å². The second kappa shape index (κ2) is 6.92. The Morgan fingerprint density at radius 2 is 1.58 bits per heavy atom. The molecule has 0 unspecified atom stereocenters. The van der Waals surface area contributed by atoms with Gasteiger partial charge in [0.1, 0.15) is 0 Å². The highest BCUT2D eigenvalue weighted by Gasteiger charge is 2.23. The second-order valence-corrected chi connectivity index (χ2v) is 6.82. The normalized spacial score (nSPS) is 17.4. The van der Waals surface area contributed by atoms with Crippen molar-refractivity contribution in [1.29, 1.82) is 0 Å². The first kappa shape index (κ1) is 15.6. The van der Waals surface area contributed by atoms with Crippen LogP contribution in [0.3, 0.4) is 0 Å². The fraction of sp³-hybridized carbons (Fsp3) is 0.364. The highest BCUT2D eigenvalue weighted by Crippen LogP contribution is 2.36. The number of nitrogens with one attached hydrogen (secondary N) is 1. The van der Waals surface area contributed by atoms with Crippen LogP contribution in [0.4, 0.5) is 0 Å². The number of benzene rings is 3. The van der Waals surface area contributed by atoms with Crippen LogP contribution in [0.5, 0.6) is 0 Å². The first-order valence-electron chi connectivity index (χ1n) is 9.23. The molecule has 1 N–H and O–H groups in total. The summed E-state index contributed by atoms with van der Waals surface area (Å²) in [5.41, 5.74) is 1.51. The number of rotatable bonds is 4. The van der Waals surface area contributed by atoms with E-state index in [4.69, 9.17) is 0 Å². The zero-order valence-electron chi connectivity index (χ0n) is 14.5. The van der Waals surface area contributed by atoms with E-state index in [1.165, 1.54) is 39.9 Å². The molecule has 4 rings (SSSR count). The zero-order valence-corrected chi connectivity index (χ0v) is 14.5. The first-order chi connectivity index (χ1) is 11.9. The summed E-state index contributed by atoms with van der Waals surface area (Å²) < 4.78 is 0. The van der Waals surface area contributed by atoms with E-state index in [2.05, 4.69) is 71.7 Å². The number of hydrogen-bond acceptors (Lipinski definition) is 2. The SMILES string of the molecule is CCC[C@@H](c1cc2ccccc2c2ccccc12)N1CCNCC1. The number of piperazine rings is 1. The fourth-order valence-corrected chi connectivity index (χ4v) is 4.16. The largest absolute Gasteiger partial charge is 0.314 e. The Labute approximate surface area is 144 Å². The van der Waals surface area contributed by atoms with E-state index in [1.54, 1.807) is 0 Å². The van der Waals surface area contributed by atoms with Crippen molar-refractivity contribution in [1.82, 2.24) is 10.2 Å². The Morgan fingerprint density at radius 3 is 2.33 bits per heavy atom. The van der Waals surface area contributed by atoms with Gasteiger partial charge in [-0.3, -0.25) is 4.90 Å². The van der Waals surface area contributed by atoms with Crippen LogP contribution in [-0.4, -0.2) is 31.1 Å². The van der Waals surface area contributed by atoms with E-state index in [-0.39, 0.29) is 0 Å². The molecule has 1 aliphatic rings. The molecule has 0 bridgehead atoms. The van der Waals surface area contributed by atoms with Crippen molar-refractivity contribution in [3.05, 3.63) is 60.2 Å². The van der Waals surface area contributed by atoms with Crippen LogP contribution in [0.15, 0.2) is 54.6 Å². The van der Waals surface area contributed by atoms with Gasteiger partial charge < -0.3 is 5.32 Å². The lowest BCUT2D eigenvalue weighted by Crippen LogP contribution is -2.45. The van der Waals surface area contributed by atoms with Crippen LogP contribution in [-0.2, 0) is 0 Å². The van der Waals surface area contributed by atoms with Crippen molar-refractivity contribution >= 4 is 21.5 Å². The molecule has 24 heavy (non-hydrogen) atoms. The van der Waals surface area contributed by atoms with Crippen molar-refractivity contribution in [3.8, 4) is 0 Å². The molecule has 1 saturated heterocycles. The van der Waals surface area contributed by atoms with Crippen LogP contribution in [0, 0.1) is 0 Å². The number of hydrogen-bond donors (Lipinski definition) is 1. The van der Waals surface area contributed by atoms with Gasteiger partial charge >= 0.3 is 0 Å². The van der Waals surface area contributed by atoms with Crippen molar-refractivity contribution in [2.75, 3.05) is 26.2 Å². The fourth-order valence-electron chi connectivity index (χ4n) is 4.16. The summed E-state index contributed by atoms with van der Waals surface area (Å²) in [6.45, 7) is 6.80. The Morgan fingerprint density at radius 1 is 0.917 bits per heavy atom. The molecule has 3 aromatic rings. The maximum atomic E-state index is 3.49. The van der Waals surface area contributed by atoms with Crippen LogP contribution in [0.25, 0.3) is 21.5 Å². The van der Waals surface area contributed by atoms with Crippen molar-refractivity contribution in [2.45, 2.75) is 25.8 Å². The van der Waals surface area contributed by atoms with Gasteiger partial charge in [0.25, 0.3) is 0 Å². The molecule has 0 amide bonds. The third-order valence-electron chi connectivity index (χ3n) is 5.31. The number of fused-ring (bicyclic) bond motifs is 3. The van der Waals surface area contributed by atoms with Gasteiger partial charge in [-0.1, -0.05) is 61.9 Å². The summed E-state index contributed by atoms with van der Waals surface area (Å²) in [6.07, 6.45) is 2.44. The van der Waals surface area contributed by atoms with Gasteiger partial charge in [0, 0.05) is 32.2 Å². The third kappa shape index (κ3) is 2.81. The molecule has 0 aliphatic carbocycles. The van der Waals surface area contributed by atoms with Crippen LogP contribution in [0.2, 0.25) is 0 Å². The van der Waals surface area contributed by atoms with E-state index < -0.39 is 0 Å². The van der Waals surface area contributed by atoms with E-state index in [9.17, 15) is 0 Å². The van der Waals surface area contributed by atoms with Crippen LogP contribution < -0.4 is 5.32 Å². The minimum atomic E-state index is 0.520. The maximum Gasteiger partial charge on any atom is 0.0355 e. The summed E-state index contributed by atoms with van der Waals surface area (Å²) >= 11 is 0. The minimum Gasteiger partial charge on any atom is -0.314 e. The van der Waals surface area contributed by atoms with E-state index >= 15 is 0 Å². The molecule has 3 aromatic carbocycles. The van der Waals surface area contributed by atoms with Gasteiger partial charge in [0.2, 0.25) is 0 Å². The quantitative estimate of drug-likeness (QED) is 0.699. The summed E-state index contributed by atoms with van der Waals surface area (Å²) in [4.78, 5) is 2.68. The Hall–Kier alpha value is -1.90. The molecule has 0 saturated carbocycles. The molecular weight excluding hydrogens is 292 g/mol. The van der Waals surface area contributed by atoms with Crippen molar-refractivity contribution in [2.24, 2.45) is 0 Å². The number of nitrogens with zero attached hydrogens (tertiary/aromatic N) is 1. The molecule has 1 atom stereocenters. The van der Waals surface area contributed by atoms with Gasteiger partial charge in [-0.2, -0.15) is 0 Å². The average molecular weight is 318 g/mol. The molecule has 2 heteroatoms. The highest BCUT2D eigenvalue weighted by molar-refractivity contribution is 6.09. The minimum absolute atomic E-state index is 0.520. The molecule has 1 aliphatic heterocycles. The van der Waals surface area contributed by atoms with E-state index in [0.29, 0.717) is 6.04 Å². The predicted molar refractivity (Wildman–Crippen MR) is 104 cm³/mol. The van der Waals surface area contributed by atoms with Gasteiger partial charge in [-0.25, -0.2) is 0 Å². The topological polar surface area (TPSA) is 15.3 Å². The summed E-state index contributed by atoms with van der Waals surface area (Å²) in [7, 11) is 0. The van der Waals surface area contributed by atoms with Gasteiger partial charge in [0.15, 0.2) is 0 Å². The Balaban J connectivity index is 1.91. The average Bonchev–Trinajstić information content (AvgIpc) is 2.66. The molecular formula is C22H26N2. The maximum absolute atomic E-state index is 3.49. The Bertz CT molecular complexity index is 834. The summed E-state index contributed by atoms with van der Waals surface area (Å²) in [5.74, 6) is 0. The molecule has 0 aromatic heterocycles. The molecule has 0 spiro atoms. The lowest BCUT2D eigenvalue weighted by Gasteiger charge is -2.36. The standard InChI is InChI=1S/C22H26N2/c1-2-7-22(24-14-12-23-13-15-24)21-16-17-8-3-4-9-18(17)19-10-5-6-11-20(19)21/h3-6,8-11,16,22-23H,2,7,12-15H2,1H3/t22-/m0/s1.